The van der Waals surface area contributed by atoms with Crippen LogP contribution in [0.1, 0.15) is 58.3 Å². The number of likely N-dealkylation sites (tertiary alicyclic amines) is 1. The second kappa shape index (κ2) is 6.14. The molecule has 1 fully saturated rings. The molecule has 0 spiro atoms. The average Bonchev–Trinajstić information content (AvgIpc) is 2.86. The Bertz CT molecular complexity index is 602. The van der Waals surface area contributed by atoms with Gasteiger partial charge in [0.25, 0.3) is 0 Å². The van der Waals surface area contributed by atoms with E-state index in [2.05, 4.69) is 41.3 Å². The van der Waals surface area contributed by atoms with Gasteiger partial charge in [-0.15, -0.1) is 0 Å². The van der Waals surface area contributed by atoms with Crippen LogP contribution in [0.5, 0.6) is 0 Å². The first kappa shape index (κ1) is 14.5. The molecule has 21 heavy (non-hydrogen) atoms. The van der Waals surface area contributed by atoms with E-state index >= 15 is 0 Å². The number of imidazole rings is 1. The number of nitrogens with zero attached hydrogens (tertiary/aromatic N) is 4. The number of aromatic nitrogens is 3. The van der Waals surface area contributed by atoms with Crippen LogP contribution in [0, 0.1) is 0 Å². The molecule has 1 aliphatic rings. The lowest BCUT2D eigenvalue weighted by molar-refractivity contribution is 0.104. The molecule has 0 aromatic carbocycles. The fourth-order valence-corrected chi connectivity index (χ4v) is 3.52. The minimum absolute atomic E-state index is 0.444. The zero-order valence-electron chi connectivity index (χ0n) is 13.4. The predicted molar refractivity (Wildman–Crippen MR) is 86.3 cm³/mol. The minimum Gasteiger partial charge on any atom is -0.311 e. The number of aryl methyl sites for hydroxylation is 1. The van der Waals surface area contributed by atoms with E-state index in [0.717, 1.165) is 24.1 Å². The lowest BCUT2D eigenvalue weighted by atomic mass is 9.99. The third-order valence-electron chi connectivity index (χ3n) is 4.49. The summed E-state index contributed by atoms with van der Waals surface area (Å²) < 4.78 is 2.35. The van der Waals surface area contributed by atoms with Crippen molar-refractivity contribution in [1.82, 2.24) is 19.4 Å². The monoisotopic (exact) mass is 286 g/mol. The van der Waals surface area contributed by atoms with Crippen LogP contribution < -0.4 is 0 Å². The molecule has 0 saturated carbocycles. The molecule has 4 heteroatoms. The van der Waals surface area contributed by atoms with E-state index in [1.807, 2.05) is 12.3 Å². The van der Waals surface area contributed by atoms with Gasteiger partial charge in [0.05, 0.1) is 6.04 Å². The molecule has 1 aliphatic heterocycles. The van der Waals surface area contributed by atoms with Crippen LogP contribution in [0.25, 0.3) is 11.2 Å². The van der Waals surface area contributed by atoms with E-state index in [4.69, 9.17) is 4.98 Å². The summed E-state index contributed by atoms with van der Waals surface area (Å²) >= 11 is 0. The summed E-state index contributed by atoms with van der Waals surface area (Å²) in [5.41, 5.74) is 2.08. The minimum atomic E-state index is 0.444. The van der Waals surface area contributed by atoms with E-state index < -0.39 is 0 Å². The van der Waals surface area contributed by atoms with E-state index in [1.165, 1.54) is 31.6 Å². The molecule has 0 aliphatic carbocycles. The molecule has 0 N–H and O–H groups in total. The molecule has 1 unspecified atom stereocenters. The Morgan fingerprint density at radius 2 is 2.19 bits per heavy atom. The van der Waals surface area contributed by atoms with Crippen LogP contribution in [-0.4, -0.2) is 32.0 Å². The van der Waals surface area contributed by atoms with Gasteiger partial charge >= 0.3 is 0 Å². The van der Waals surface area contributed by atoms with Crippen LogP contribution in [0.15, 0.2) is 18.3 Å². The number of fused-ring (bicyclic) bond motifs is 1. The Morgan fingerprint density at radius 3 is 2.95 bits per heavy atom. The van der Waals surface area contributed by atoms with Gasteiger partial charge in [0.1, 0.15) is 11.3 Å². The van der Waals surface area contributed by atoms with Crippen molar-refractivity contribution in [2.24, 2.45) is 0 Å². The number of hydrogen-bond donors (Lipinski definition) is 0. The largest absolute Gasteiger partial charge is 0.311 e. The van der Waals surface area contributed by atoms with Gasteiger partial charge in [0.2, 0.25) is 0 Å². The van der Waals surface area contributed by atoms with Crippen molar-refractivity contribution >= 4 is 11.2 Å². The smallest absolute Gasteiger partial charge is 0.160 e. The molecule has 114 valence electrons. The van der Waals surface area contributed by atoms with Crippen LogP contribution in [0.3, 0.4) is 0 Å². The Balaban J connectivity index is 2.07. The molecular weight excluding hydrogens is 260 g/mol. The Hall–Kier alpha value is -1.42. The summed E-state index contributed by atoms with van der Waals surface area (Å²) in [7, 11) is 0. The second-order valence-electron chi connectivity index (χ2n) is 6.31. The van der Waals surface area contributed by atoms with Gasteiger partial charge in [-0.05, 0) is 51.8 Å². The van der Waals surface area contributed by atoms with Crippen LogP contribution in [-0.2, 0) is 6.54 Å². The van der Waals surface area contributed by atoms with Gasteiger partial charge < -0.3 is 4.57 Å². The fraction of sp³-hybridized carbons (Fsp3) is 0.647. The molecule has 3 rings (SSSR count). The molecule has 1 atom stereocenters. The highest BCUT2D eigenvalue weighted by Crippen LogP contribution is 2.33. The molecule has 3 heterocycles. The number of rotatable bonds is 4. The Labute approximate surface area is 127 Å². The van der Waals surface area contributed by atoms with E-state index in [9.17, 15) is 0 Å². The third-order valence-corrected chi connectivity index (χ3v) is 4.49. The van der Waals surface area contributed by atoms with Crippen molar-refractivity contribution in [3.8, 4) is 0 Å². The van der Waals surface area contributed by atoms with Crippen LogP contribution >= 0.6 is 0 Å². The first-order valence-electron chi connectivity index (χ1n) is 8.29. The zero-order chi connectivity index (χ0) is 14.8. The highest BCUT2D eigenvalue weighted by molar-refractivity contribution is 5.71. The second-order valence-corrected chi connectivity index (χ2v) is 6.31. The molecule has 0 amide bonds. The SMILES string of the molecule is CCCn1c(C2CCCCN2C(C)C)nc2cccnc21. The van der Waals surface area contributed by atoms with Gasteiger partial charge in [0.15, 0.2) is 5.65 Å². The Kier molecular flexibility index (Phi) is 4.24. The summed E-state index contributed by atoms with van der Waals surface area (Å²) in [4.78, 5) is 12.1. The van der Waals surface area contributed by atoms with Crippen molar-refractivity contribution in [1.29, 1.82) is 0 Å². The molecule has 0 radical (unpaired) electrons. The van der Waals surface area contributed by atoms with E-state index in [-0.39, 0.29) is 0 Å². The highest BCUT2D eigenvalue weighted by Gasteiger charge is 2.30. The number of piperidine rings is 1. The van der Waals surface area contributed by atoms with Crippen LogP contribution in [0.4, 0.5) is 0 Å². The number of hydrogen-bond acceptors (Lipinski definition) is 3. The summed E-state index contributed by atoms with van der Waals surface area (Å²) in [6, 6.07) is 5.08. The summed E-state index contributed by atoms with van der Waals surface area (Å²) in [5, 5.41) is 0. The lowest BCUT2D eigenvalue weighted by Crippen LogP contribution is -2.39. The Morgan fingerprint density at radius 1 is 1.33 bits per heavy atom. The van der Waals surface area contributed by atoms with Crippen molar-refractivity contribution in [2.45, 2.75) is 65.1 Å². The predicted octanol–water partition coefficient (Wildman–Crippen LogP) is 3.78. The highest BCUT2D eigenvalue weighted by atomic mass is 15.2. The quantitative estimate of drug-likeness (QED) is 0.858. The van der Waals surface area contributed by atoms with Crippen molar-refractivity contribution in [3.05, 3.63) is 24.2 Å². The zero-order valence-corrected chi connectivity index (χ0v) is 13.4. The molecular formula is C17H26N4. The summed E-state index contributed by atoms with van der Waals surface area (Å²) in [5.74, 6) is 1.22. The maximum Gasteiger partial charge on any atom is 0.160 e. The standard InChI is InChI=1S/C17H26N4/c1-4-11-21-16-14(8-7-10-18-16)19-17(21)15-9-5-6-12-20(15)13(2)3/h7-8,10,13,15H,4-6,9,11-12H2,1-3H3. The first-order valence-corrected chi connectivity index (χ1v) is 8.29. The molecule has 1 saturated heterocycles. The fourth-order valence-electron chi connectivity index (χ4n) is 3.52. The maximum atomic E-state index is 4.95. The summed E-state index contributed by atoms with van der Waals surface area (Å²) in [6.07, 6.45) is 6.81. The lowest BCUT2D eigenvalue weighted by Gasteiger charge is -2.38. The van der Waals surface area contributed by atoms with E-state index in [0.29, 0.717) is 12.1 Å². The van der Waals surface area contributed by atoms with Crippen molar-refractivity contribution < 1.29 is 0 Å². The summed E-state index contributed by atoms with van der Waals surface area (Å²) in [6.45, 7) is 9.00. The van der Waals surface area contributed by atoms with Gasteiger partial charge in [0, 0.05) is 18.8 Å². The van der Waals surface area contributed by atoms with Gasteiger partial charge in [-0.3, -0.25) is 4.90 Å². The van der Waals surface area contributed by atoms with Gasteiger partial charge in [-0.25, -0.2) is 9.97 Å². The average molecular weight is 286 g/mol. The molecule has 4 nitrogen and oxygen atoms in total. The van der Waals surface area contributed by atoms with Crippen molar-refractivity contribution in [3.63, 3.8) is 0 Å². The molecule has 2 aromatic heterocycles. The maximum absolute atomic E-state index is 4.95. The van der Waals surface area contributed by atoms with Crippen molar-refractivity contribution in [2.75, 3.05) is 6.54 Å². The molecule has 2 aromatic rings. The van der Waals surface area contributed by atoms with E-state index in [1.54, 1.807) is 0 Å². The van der Waals surface area contributed by atoms with Gasteiger partial charge in [-0.2, -0.15) is 0 Å². The number of pyridine rings is 1. The molecule has 0 bridgehead atoms. The normalized spacial score (nSPS) is 20.5. The van der Waals surface area contributed by atoms with Crippen LogP contribution in [0.2, 0.25) is 0 Å². The van der Waals surface area contributed by atoms with Gasteiger partial charge in [-0.1, -0.05) is 13.3 Å². The first-order chi connectivity index (χ1) is 10.2. The topological polar surface area (TPSA) is 34.0 Å². The third kappa shape index (κ3) is 2.69.